The van der Waals surface area contributed by atoms with Crippen LogP contribution in [0.5, 0.6) is 0 Å². The molecular formula is C26H23FN2O4. The standard InChI is InChI=1S/C26H23FN2O4/c27-18-13-17(25(30)31)14-19(15-18)28-9-11-29(12-10-28)26(32)33-16-24-22-7-3-1-5-20(22)21-6-2-4-8-23(21)24/h1-8,13-15,24H,9-12,16H2,(H,30,31). The lowest BCUT2D eigenvalue weighted by molar-refractivity contribution is 0.0696. The van der Waals surface area contributed by atoms with E-state index in [0.717, 1.165) is 17.2 Å². The fraction of sp³-hybridized carbons (Fsp3) is 0.231. The van der Waals surface area contributed by atoms with Crippen LogP contribution in [0.3, 0.4) is 0 Å². The quantitative estimate of drug-likeness (QED) is 0.635. The van der Waals surface area contributed by atoms with Gasteiger partial charge in [-0.1, -0.05) is 48.5 Å². The first kappa shape index (κ1) is 21.0. The maximum absolute atomic E-state index is 13.8. The molecule has 1 saturated heterocycles. The first-order valence-electron chi connectivity index (χ1n) is 10.9. The van der Waals surface area contributed by atoms with Gasteiger partial charge in [0.25, 0.3) is 0 Å². The fourth-order valence-corrected chi connectivity index (χ4v) is 4.71. The van der Waals surface area contributed by atoms with Crippen LogP contribution in [0, 0.1) is 5.82 Å². The number of carbonyl (C=O) groups is 2. The molecule has 0 radical (unpaired) electrons. The monoisotopic (exact) mass is 446 g/mol. The summed E-state index contributed by atoms with van der Waals surface area (Å²) >= 11 is 0. The molecule has 0 spiro atoms. The Morgan fingerprint density at radius 3 is 2.12 bits per heavy atom. The number of halogens is 1. The number of aromatic carboxylic acids is 1. The Bertz CT molecular complexity index is 1170. The summed E-state index contributed by atoms with van der Waals surface area (Å²) in [5.41, 5.74) is 5.09. The van der Waals surface area contributed by atoms with Gasteiger partial charge in [-0.3, -0.25) is 0 Å². The summed E-state index contributed by atoms with van der Waals surface area (Å²) in [6, 6.07) is 20.1. The van der Waals surface area contributed by atoms with E-state index in [1.807, 2.05) is 29.2 Å². The summed E-state index contributed by atoms with van der Waals surface area (Å²) in [7, 11) is 0. The van der Waals surface area contributed by atoms with E-state index in [9.17, 15) is 14.0 Å². The number of benzene rings is 3. The van der Waals surface area contributed by atoms with Crippen molar-refractivity contribution < 1.29 is 23.8 Å². The minimum atomic E-state index is -1.17. The van der Waals surface area contributed by atoms with Gasteiger partial charge in [0.2, 0.25) is 0 Å². The zero-order valence-corrected chi connectivity index (χ0v) is 17.9. The number of rotatable bonds is 4. The molecule has 5 rings (SSSR count). The van der Waals surface area contributed by atoms with Crippen molar-refractivity contribution in [3.63, 3.8) is 0 Å². The summed E-state index contributed by atoms with van der Waals surface area (Å²) in [5, 5.41) is 9.16. The molecule has 1 fully saturated rings. The van der Waals surface area contributed by atoms with Gasteiger partial charge in [0.05, 0.1) is 5.56 Å². The van der Waals surface area contributed by atoms with E-state index < -0.39 is 11.8 Å². The lowest BCUT2D eigenvalue weighted by Gasteiger charge is -2.35. The Morgan fingerprint density at radius 2 is 1.52 bits per heavy atom. The second-order valence-electron chi connectivity index (χ2n) is 8.28. The first-order valence-corrected chi connectivity index (χ1v) is 10.9. The third-order valence-corrected chi connectivity index (χ3v) is 6.37. The molecule has 0 aromatic heterocycles. The molecule has 3 aromatic carbocycles. The highest BCUT2D eigenvalue weighted by molar-refractivity contribution is 5.89. The van der Waals surface area contributed by atoms with E-state index in [4.69, 9.17) is 9.84 Å². The highest BCUT2D eigenvalue weighted by Gasteiger charge is 2.30. The Hall–Kier alpha value is -3.87. The van der Waals surface area contributed by atoms with Crippen LogP contribution in [0.25, 0.3) is 11.1 Å². The van der Waals surface area contributed by atoms with Gasteiger partial charge < -0.3 is 19.6 Å². The van der Waals surface area contributed by atoms with E-state index in [1.165, 1.54) is 23.3 Å². The van der Waals surface area contributed by atoms with Crippen molar-refractivity contribution in [3.05, 3.63) is 89.2 Å². The van der Waals surface area contributed by atoms with Crippen molar-refractivity contribution in [3.8, 4) is 11.1 Å². The van der Waals surface area contributed by atoms with Crippen molar-refractivity contribution >= 4 is 17.7 Å². The minimum absolute atomic E-state index is 0.00405. The topological polar surface area (TPSA) is 70.1 Å². The van der Waals surface area contributed by atoms with Gasteiger partial charge >= 0.3 is 12.1 Å². The zero-order valence-electron chi connectivity index (χ0n) is 17.9. The molecule has 1 aliphatic carbocycles. The number of anilines is 1. The van der Waals surface area contributed by atoms with Gasteiger partial charge in [0, 0.05) is 37.8 Å². The van der Waals surface area contributed by atoms with Gasteiger partial charge in [0.1, 0.15) is 12.4 Å². The van der Waals surface area contributed by atoms with Crippen molar-refractivity contribution in [2.75, 3.05) is 37.7 Å². The largest absolute Gasteiger partial charge is 0.478 e. The molecule has 1 amide bonds. The number of ether oxygens (including phenoxy) is 1. The Kier molecular flexibility index (Phi) is 5.46. The molecule has 7 heteroatoms. The number of hydrogen-bond acceptors (Lipinski definition) is 4. The average Bonchev–Trinajstić information content (AvgIpc) is 3.16. The van der Waals surface area contributed by atoms with E-state index >= 15 is 0 Å². The van der Waals surface area contributed by atoms with Crippen LogP contribution < -0.4 is 4.90 Å². The lowest BCUT2D eigenvalue weighted by atomic mass is 9.98. The molecule has 0 unspecified atom stereocenters. The van der Waals surface area contributed by atoms with Crippen LogP contribution in [-0.4, -0.2) is 54.9 Å². The van der Waals surface area contributed by atoms with Crippen molar-refractivity contribution in [2.45, 2.75) is 5.92 Å². The predicted molar refractivity (Wildman–Crippen MR) is 122 cm³/mol. The lowest BCUT2D eigenvalue weighted by Crippen LogP contribution is -2.49. The summed E-state index contributed by atoms with van der Waals surface area (Å²) in [4.78, 5) is 27.5. The third kappa shape index (κ3) is 4.02. The van der Waals surface area contributed by atoms with Gasteiger partial charge in [0.15, 0.2) is 0 Å². The number of carboxylic acid groups (broad SMARTS) is 1. The SMILES string of the molecule is O=C(O)c1cc(F)cc(N2CCN(C(=O)OCC3c4ccccc4-c4ccccc43)CC2)c1. The van der Waals surface area contributed by atoms with Crippen LogP contribution >= 0.6 is 0 Å². The van der Waals surface area contributed by atoms with Gasteiger partial charge in [-0.05, 0) is 40.5 Å². The number of amides is 1. The molecule has 33 heavy (non-hydrogen) atoms. The molecule has 1 heterocycles. The number of nitrogens with zero attached hydrogens (tertiary/aromatic N) is 2. The average molecular weight is 446 g/mol. The Balaban J connectivity index is 1.22. The molecule has 1 aliphatic heterocycles. The van der Waals surface area contributed by atoms with Crippen LogP contribution in [0.15, 0.2) is 66.7 Å². The predicted octanol–water partition coefficient (Wildman–Crippen LogP) is 4.60. The number of fused-ring (bicyclic) bond motifs is 3. The van der Waals surface area contributed by atoms with E-state index in [-0.39, 0.29) is 24.2 Å². The zero-order chi connectivity index (χ0) is 22.9. The summed E-state index contributed by atoms with van der Waals surface area (Å²) < 4.78 is 19.6. The third-order valence-electron chi connectivity index (χ3n) is 6.37. The highest BCUT2D eigenvalue weighted by Crippen LogP contribution is 2.44. The Labute approximate surface area is 190 Å². The molecule has 3 aromatic rings. The summed E-state index contributed by atoms with van der Waals surface area (Å²) in [5.74, 6) is -1.76. The first-order chi connectivity index (χ1) is 16.0. The van der Waals surface area contributed by atoms with Crippen LogP contribution in [0.1, 0.15) is 27.4 Å². The second kappa shape index (κ2) is 8.58. The van der Waals surface area contributed by atoms with Gasteiger partial charge in [-0.15, -0.1) is 0 Å². The number of carboxylic acids is 1. The van der Waals surface area contributed by atoms with Crippen molar-refractivity contribution in [2.24, 2.45) is 0 Å². The van der Waals surface area contributed by atoms with Crippen molar-refractivity contribution in [1.29, 1.82) is 0 Å². The van der Waals surface area contributed by atoms with Crippen LogP contribution in [0.2, 0.25) is 0 Å². The molecule has 1 N–H and O–H groups in total. The maximum Gasteiger partial charge on any atom is 0.409 e. The number of piperazine rings is 1. The maximum atomic E-state index is 13.8. The Morgan fingerprint density at radius 1 is 0.909 bits per heavy atom. The highest BCUT2D eigenvalue weighted by atomic mass is 19.1. The van der Waals surface area contributed by atoms with Crippen LogP contribution in [-0.2, 0) is 4.74 Å². The molecule has 6 nitrogen and oxygen atoms in total. The van der Waals surface area contributed by atoms with Crippen molar-refractivity contribution in [1.82, 2.24) is 4.90 Å². The van der Waals surface area contributed by atoms with E-state index in [2.05, 4.69) is 24.3 Å². The molecule has 168 valence electrons. The molecule has 0 atom stereocenters. The van der Waals surface area contributed by atoms with Gasteiger partial charge in [-0.2, -0.15) is 0 Å². The second-order valence-corrected chi connectivity index (χ2v) is 8.28. The summed E-state index contributed by atoms with van der Waals surface area (Å²) in [6.45, 7) is 2.02. The van der Waals surface area contributed by atoms with E-state index in [1.54, 1.807) is 4.90 Å². The fourth-order valence-electron chi connectivity index (χ4n) is 4.71. The van der Waals surface area contributed by atoms with Gasteiger partial charge in [-0.25, -0.2) is 14.0 Å². The number of carbonyl (C=O) groups excluding carboxylic acids is 1. The van der Waals surface area contributed by atoms with E-state index in [0.29, 0.717) is 31.9 Å². The smallest absolute Gasteiger partial charge is 0.409 e. The normalized spacial score (nSPS) is 15.2. The summed E-state index contributed by atoms with van der Waals surface area (Å²) in [6.07, 6.45) is -0.373. The van der Waals surface area contributed by atoms with Crippen LogP contribution in [0.4, 0.5) is 14.9 Å². The molecular weight excluding hydrogens is 423 g/mol. The molecule has 2 aliphatic rings. The molecule has 0 bridgehead atoms. The minimum Gasteiger partial charge on any atom is -0.478 e. The number of hydrogen-bond donors (Lipinski definition) is 1. The molecule has 0 saturated carbocycles.